The topological polar surface area (TPSA) is 53.7 Å². The first-order valence-corrected chi connectivity index (χ1v) is 9.54. The van der Waals surface area contributed by atoms with Crippen LogP contribution >= 0.6 is 11.3 Å². The zero-order valence-electron chi connectivity index (χ0n) is 15.0. The van der Waals surface area contributed by atoms with Gasteiger partial charge in [-0.05, 0) is 44.5 Å². The van der Waals surface area contributed by atoms with E-state index in [1.54, 1.807) is 0 Å². The normalized spacial score (nSPS) is 11.9. The Morgan fingerprint density at radius 2 is 2.00 bits per heavy atom. The van der Waals surface area contributed by atoms with Gasteiger partial charge in [0.2, 0.25) is 0 Å². The minimum absolute atomic E-state index is 0.557. The van der Waals surface area contributed by atoms with E-state index in [0.717, 1.165) is 36.8 Å². The van der Waals surface area contributed by atoms with Crippen LogP contribution in [-0.4, -0.2) is 21.9 Å². The summed E-state index contributed by atoms with van der Waals surface area (Å²) in [6.45, 7) is 8.53. The molecule has 3 heterocycles. The fourth-order valence-electron chi connectivity index (χ4n) is 2.66. The van der Waals surface area contributed by atoms with Crippen molar-refractivity contribution in [3.8, 4) is 0 Å². The van der Waals surface area contributed by atoms with Crippen LogP contribution < -0.4 is 10.6 Å². The van der Waals surface area contributed by atoms with E-state index < -0.39 is 0 Å². The molecule has 25 heavy (non-hydrogen) atoms. The quantitative estimate of drug-likeness (QED) is 0.525. The molecular weight excluding hydrogens is 330 g/mol. The van der Waals surface area contributed by atoms with E-state index in [1.165, 1.54) is 15.4 Å². The van der Waals surface area contributed by atoms with Crippen LogP contribution in [-0.2, 0) is 19.5 Å². The Hall–Kier alpha value is -2.34. The van der Waals surface area contributed by atoms with E-state index >= 15 is 0 Å². The average molecular weight is 356 g/mol. The molecule has 0 aliphatic rings. The van der Waals surface area contributed by atoms with Crippen molar-refractivity contribution in [3.63, 3.8) is 0 Å². The summed E-state index contributed by atoms with van der Waals surface area (Å²) >= 11 is 1.85. The summed E-state index contributed by atoms with van der Waals surface area (Å²) in [6, 6.07) is 10.5. The minimum Gasteiger partial charge on any atom is -0.357 e. The standard InChI is InChI=1S/C19H25N5S/c1-4-16-9-10-17(25-16)12-22-19(20-5-2)21-11-15-13-24-14(3)7-6-8-18(24)23-15/h6-10,13H,4-5,11-12H2,1-3H3,(H2,20,21,22). The van der Waals surface area contributed by atoms with Crippen molar-refractivity contribution >= 4 is 22.9 Å². The second kappa shape index (κ2) is 8.16. The third-order valence-corrected chi connectivity index (χ3v) is 5.21. The Labute approximate surface area is 152 Å². The van der Waals surface area contributed by atoms with Crippen molar-refractivity contribution in [2.45, 2.75) is 40.3 Å². The molecule has 6 heteroatoms. The molecule has 0 radical (unpaired) electrons. The van der Waals surface area contributed by atoms with E-state index in [9.17, 15) is 0 Å². The largest absolute Gasteiger partial charge is 0.357 e. The van der Waals surface area contributed by atoms with Crippen molar-refractivity contribution in [1.29, 1.82) is 0 Å². The molecule has 0 amide bonds. The van der Waals surface area contributed by atoms with Gasteiger partial charge < -0.3 is 15.0 Å². The lowest BCUT2D eigenvalue weighted by molar-refractivity contribution is 0.820. The highest BCUT2D eigenvalue weighted by molar-refractivity contribution is 7.11. The number of imidazole rings is 1. The summed E-state index contributed by atoms with van der Waals surface area (Å²) in [6.07, 6.45) is 3.15. The molecule has 0 atom stereocenters. The van der Waals surface area contributed by atoms with Gasteiger partial charge in [-0.2, -0.15) is 0 Å². The molecule has 3 aromatic heterocycles. The minimum atomic E-state index is 0.557. The molecule has 132 valence electrons. The molecule has 3 rings (SSSR count). The van der Waals surface area contributed by atoms with Gasteiger partial charge in [-0.25, -0.2) is 9.98 Å². The fraction of sp³-hybridized carbons (Fsp3) is 0.368. The van der Waals surface area contributed by atoms with Gasteiger partial charge in [-0.1, -0.05) is 13.0 Å². The van der Waals surface area contributed by atoms with Gasteiger partial charge in [-0.15, -0.1) is 11.3 Å². The first-order valence-electron chi connectivity index (χ1n) is 8.73. The van der Waals surface area contributed by atoms with Crippen LogP contribution in [0.25, 0.3) is 5.65 Å². The number of fused-ring (bicyclic) bond motifs is 1. The molecule has 0 aliphatic carbocycles. The van der Waals surface area contributed by atoms with E-state index in [2.05, 4.69) is 70.2 Å². The van der Waals surface area contributed by atoms with Crippen LogP contribution in [0.3, 0.4) is 0 Å². The monoisotopic (exact) mass is 355 g/mol. The predicted octanol–water partition coefficient (Wildman–Crippen LogP) is 3.52. The van der Waals surface area contributed by atoms with Gasteiger partial charge in [0.1, 0.15) is 5.65 Å². The third kappa shape index (κ3) is 4.39. The van der Waals surface area contributed by atoms with Crippen LogP contribution in [0.5, 0.6) is 0 Å². The zero-order valence-corrected chi connectivity index (χ0v) is 15.9. The first-order chi connectivity index (χ1) is 12.2. The van der Waals surface area contributed by atoms with Gasteiger partial charge >= 0.3 is 0 Å². The number of nitrogens with one attached hydrogen (secondary N) is 2. The lowest BCUT2D eigenvalue weighted by Gasteiger charge is -2.09. The lowest BCUT2D eigenvalue weighted by atomic mass is 10.3. The van der Waals surface area contributed by atoms with Crippen LogP contribution in [0, 0.1) is 6.92 Å². The number of aromatic nitrogens is 2. The molecule has 0 fully saturated rings. The van der Waals surface area contributed by atoms with Crippen LogP contribution in [0.15, 0.2) is 41.5 Å². The number of hydrogen-bond donors (Lipinski definition) is 2. The number of aryl methyl sites for hydroxylation is 2. The third-order valence-electron chi connectivity index (χ3n) is 3.99. The summed E-state index contributed by atoms with van der Waals surface area (Å²) in [4.78, 5) is 12.1. The fourth-order valence-corrected chi connectivity index (χ4v) is 3.55. The van der Waals surface area contributed by atoms with E-state index in [0.29, 0.717) is 6.54 Å². The Balaban J connectivity index is 1.67. The second-order valence-electron chi connectivity index (χ2n) is 5.90. The summed E-state index contributed by atoms with van der Waals surface area (Å²) in [7, 11) is 0. The molecule has 0 spiro atoms. The molecule has 0 unspecified atom stereocenters. The Bertz CT molecular complexity index is 862. The van der Waals surface area contributed by atoms with Crippen LogP contribution in [0.4, 0.5) is 0 Å². The average Bonchev–Trinajstić information content (AvgIpc) is 3.24. The maximum absolute atomic E-state index is 4.67. The molecule has 0 bridgehead atoms. The highest BCUT2D eigenvalue weighted by atomic mass is 32.1. The van der Waals surface area contributed by atoms with Gasteiger partial charge in [-0.3, -0.25) is 0 Å². The van der Waals surface area contributed by atoms with Crippen molar-refractivity contribution in [2.75, 3.05) is 6.54 Å². The number of aliphatic imine (C=N–C) groups is 1. The summed E-state index contributed by atoms with van der Waals surface area (Å²) in [5.74, 6) is 0.822. The molecule has 2 N–H and O–H groups in total. The number of hydrogen-bond acceptors (Lipinski definition) is 3. The van der Waals surface area contributed by atoms with Crippen molar-refractivity contribution in [2.24, 2.45) is 4.99 Å². The maximum atomic E-state index is 4.67. The predicted molar refractivity (Wildman–Crippen MR) is 105 cm³/mol. The zero-order chi connectivity index (χ0) is 17.6. The highest BCUT2D eigenvalue weighted by Crippen LogP contribution is 2.16. The van der Waals surface area contributed by atoms with Crippen LogP contribution in [0.2, 0.25) is 0 Å². The van der Waals surface area contributed by atoms with Gasteiger partial charge in [0, 0.05) is 28.2 Å². The Morgan fingerprint density at radius 1 is 1.16 bits per heavy atom. The number of nitrogens with zero attached hydrogens (tertiary/aromatic N) is 3. The van der Waals surface area contributed by atoms with Gasteiger partial charge in [0.15, 0.2) is 5.96 Å². The smallest absolute Gasteiger partial charge is 0.191 e. The number of rotatable bonds is 6. The molecule has 5 nitrogen and oxygen atoms in total. The summed E-state index contributed by atoms with van der Waals surface area (Å²) in [5, 5.41) is 6.70. The molecular formula is C19H25N5S. The summed E-state index contributed by atoms with van der Waals surface area (Å²) < 4.78 is 2.10. The Kier molecular flexibility index (Phi) is 5.71. The van der Waals surface area contributed by atoms with Crippen molar-refractivity contribution in [3.05, 3.63) is 57.7 Å². The molecule has 0 aromatic carbocycles. The van der Waals surface area contributed by atoms with Crippen molar-refractivity contribution < 1.29 is 0 Å². The van der Waals surface area contributed by atoms with Crippen molar-refractivity contribution in [1.82, 2.24) is 20.0 Å². The lowest BCUT2D eigenvalue weighted by Crippen LogP contribution is -2.36. The summed E-state index contributed by atoms with van der Waals surface area (Å²) in [5.41, 5.74) is 3.11. The van der Waals surface area contributed by atoms with Gasteiger partial charge in [0.25, 0.3) is 0 Å². The molecule has 0 saturated carbocycles. The van der Waals surface area contributed by atoms with E-state index in [-0.39, 0.29) is 0 Å². The first kappa shape index (κ1) is 17.5. The Morgan fingerprint density at radius 3 is 2.72 bits per heavy atom. The SMILES string of the molecule is CCNC(=NCc1cn2c(C)cccc2n1)NCc1ccc(CC)s1. The molecule has 0 saturated heterocycles. The highest BCUT2D eigenvalue weighted by Gasteiger charge is 2.04. The molecule has 0 aliphatic heterocycles. The second-order valence-corrected chi connectivity index (χ2v) is 7.15. The number of guanidine groups is 1. The van der Waals surface area contributed by atoms with Crippen LogP contribution in [0.1, 0.15) is 35.0 Å². The number of pyridine rings is 1. The van der Waals surface area contributed by atoms with Gasteiger partial charge in [0.05, 0.1) is 18.8 Å². The van der Waals surface area contributed by atoms with E-state index in [4.69, 9.17) is 0 Å². The van der Waals surface area contributed by atoms with E-state index in [1.807, 2.05) is 23.5 Å². The number of thiophene rings is 1. The molecule has 3 aromatic rings. The maximum Gasteiger partial charge on any atom is 0.191 e.